The molecule has 19 heavy (non-hydrogen) atoms. The zero-order chi connectivity index (χ0) is 13.7. The first kappa shape index (κ1) is 13.2. The molecule has 0 aliphatic carbocycles. The van der Waals surface area contributed by atoms with Crippen LogP contribution in [0.4, 0.5) is 5.82 Å². The minimum atomic E-state index is -0.464. The number of anilines is 1. The number of nitrogens with zero attached hydrogens (tertiary/aromatic N) is 4. The standard InChI is InChI=1S/C10H15N7O2/c11-9-8-10(14-5-13-9)17(6-15-8)3-1-2-12-4-7(18)16-19/h5-6,12,19H,1-4H2,(H,16,18)(H2,11,13,14). The van der Waals surface area contributed by atoms with Crippen molar-refractivity contribution in [2.75, 3.05) is 18.8 Å². The van der Waals surface area contributed by atoms with Crippen LogP contribution in [0.2, 0.25) is 0 Å². The highest BCUT2D eigenvalue weighted by molar-refractivity contribution is 5.81. The zero-order valence-electron chi connectivity index (χ0n) is 10.2. The number of hydroxylamine groups is 1. The smallest absolute Gasteiger partial charge is 0.257 e. The molecule has 2 rings (SSSR count). The van der Waals surface area contributed by atoms with Crippen molar-refractivity contribution in [1.29, 1.82) is 0 Å². The molecule has 2 heterocycles. The fourth-order valence-corrected chi connectivity index (χ4v) is 1.68. The first-order valence-corrected chi connectivity index (χ1v) is 5.77. The molecule has 0 saturated heterocycles. The van der Waals surface area contributed by atoms with E-state index in [2.05, 4.69) is 20.3 Å². The molecule has 9 heteroatoms. The van der Waals surface area contributed by atoms with E-state index in [9.17, 15) is 4.79 Å². The number of carbonyl (C=O) groups excluding carboxylic acids is 1. The summed E-state index contributed by atoms with van der Waals surface area (Å²) < 4.78 is 1.88. The Hall–Kier alpha value is -2.26. The first-order chi connectivity index (χ1) is 9.22. The number of imidazole rings is 1. The monoisotopic (exact) mass is 265 g/mol. The van der Waals surface area contributed by atoms with Crippen LogP contribution in [0.15, 0.2) is 12.7 Å². The van der Waals surface area contributed by atoms with Gasteiger partial charge < -0.3 is 15.6 Å². The summed E-state index contributed by atoms with van der Waals surface area (Å²) in [6.45, 7) is 1.41. The average molecular weight is 265 g/mol. The van der Waals surface area contributed by atoms with Gasteiger partial charge in [0.15, 0.2) is 11.5 Å². The van der Waals surface area contributed by atoms with Crippen molar-refractivity contribution < 1.29 is 10.0 Å². The number of rotatable bonds is 6. The van der Waals surface area contributed by atoms with Gasteiger partial charge in [-0.2, -0.15) is 0 Å². The van der Waals surface area contributed by atoms with E-state index in [4.69, 9.17) is 10.9 Å². The van der Waals surface area contributed by atoms with Crippen LogP contribution in [0.1, 0.15) is 6.42 Å². The molecule has 102 valence electrons. The van der Waals surface area contributed by atoms with Gasteiger partial charge in [0, 0.05) is 6.54 Å². The summed E-state index contributed by atoms with van der Waals surface area (Å²) in [5.74, 6) is -0.102. The number of fused-ring (bicyclic) bond motifs is 1. The number of hydrogen-bond donors (Lipinski definition) is 4. The van der Waals surface area contributed by atoms with E-state index >= 15 is 0 Å². The minimum absolute atomic E-state index is 0.0797. The second-order valence-corrected chi connectivity index (χ2v) is 3.93. The van der Waals surface area contributed by atoms with Crippen molar-refractivity contribution in [3.05, 3.63) is 12.7 Å². The maximum atomic E-state index is 10.7. The lowest BCUT2D eigenvalue weighted by molar-refractivity contribution is -0.128. The normalized spacial score (nSPS) is 10.8. The van der Waals surface area contributed by atoms with E-state index in [0.717, 1.165) is 6.42 Å². The summed E-state index contributed by atoms with van der Waals surface area (Å²) >= 11 is 0. The van der Waals surface area contributed by atoms with Crippen LogP contribution in [0, 0.1) is 0 Å². The molecular formula is C10H15N7O2. The summed E-state index contributed by atoms with van der Waals surface area (Å²) in [5, 5.41) is 11.2. The van der Waals surface area contributed by atoms with Crippen LogP contribution in [0.5, 0.6) is 0 Å². The Bertz CT molecular complexity index is 568. The third kappa shape index (κ3) is 3.14. The molecule has 9 nitrogen and oxygen atoms in total. The maximum absolute atomic E-state index is 10.7. The van der Waals surface area contributed by atoms with E-state index in [1.807, 2.05) is 4.57 Å². The van der Waals surface area contributed by atoms with Crippen molar-refractivity contribution >= 4 is 22.9 Å². The molecule has 0 aliphatic rings. The Morgan fingerprint density at radius 3 is 3.05 bits per heavy atom. The highest BCUT2D eigenvalue weighted by Crippen LogP contribution is 2.13. The number of nitrogen functional groups attached to an aromatic ring is 1. The molecule has 0 unspecified atom stereocenters. The second kappa shape index (κ2) is 6.07. The van der Waals surface area contributed by atoms with Crippen LogP contribution in [0.3, 0.4) is 0 Å². The van der Waals surface area contributed by atoms with E-state index in [0.29, 0.717) is 30.1 Å². The number of aromatic nitrogens is 4. The van der Waals surface area contributed by atoms with Gasteiger partial charge in [0.25, 0.3) is 5.91 Å². The number of hydrogen-bond acceptors (Lipinski definition) is 7. The quantitative estimate of drug-likeness (QED) is 0.296. The lowest BCUT2D eigenvalue weighted by atomic mass is 10.4. The fourth-order valence-electron chi connectivity index (χ4n) is 1.68. The lowest BCUT2D eigenvalue weighted by Gasteiger charge is -2.05. The molecule has 0 spiro atoms. The lowest BCUT2D eigenvalue weighted by Crippen LogP contribution is -2.32. The molecule has 0 aliphatic heterocycles. The number of nitrogens with one attached hydrogen (secondary N) is 2. The van der Waals surface area contributed by atoms with Gasteiger partial charge in [-0.15, -0.1) is 0 Å². The van der Waals surface area contributed by atoms with Gasteiger partial charge >= 0.3 is 0 Å². The molecule has 0 atom stereocenters. The van der Waals surface area contributed by atoms with Crippen molar-refractivity contribution in [2.24, 2.45) is 0 Å². The highest BCUT2D eigenvalue weighted by atomic mass is 16.5. The second-order valence-electron chi connectivity index (χ2n) is 3.93. The van der Waals surface area contributed by atoms with Gasteiger partial charge in [0.2, 0.25) is 0 Å². The predicted octanol–water partition coefficient (Wildman–Crippen LogP) is -1.11. The SMILES string of the molecule is Nc1ncnc2c1ncn2CCCNCC(=O)NO. The summed E-state index contributed by atoms with van der Waals surface area (Å²) in [4.78, 5) is 22.9. The summed E-state index contributed by atoms with van der Waals surface area (Å²) in [6, 6.07) is 0. The van der Waals surface area contributed by atoms with Gasteiger partial charge in [-0.05, 0) is 13.0 Å². The Balaban J connectivity index is 1.85. The van der Waals surface area contributed by atoms with Crippen LogP contribution in [0.25, 0.3) is 11.2 Å². The van der Waals surface area contributed by atoms with Gasteiger partial charge in [-0.1, -0.05) is 0 Å². The molecule has 2 aromatic rings. The Labute approximate surface area is 108 Å². The van der Waals surface area contributed by atoms with Crippen molar-refractivity contribution in [3.8, 4) is 0 Å². The molecule has 0 saturated carbocycles. The summed E-state index contributed by atoms with van der Waals surface area (Å²) in [7, 11) is 0. The number of amides is 1. The third-order valence-corrected chi connectivity index (χ3v) is 2.59. The molecule has 0 fully saturated rings. The number of carbonyl (C=O) groups is 1. The summed E-state index contributed by atoms with van der Waals surface area (Å²) in [5.41, 5.74) is 8.53. The van der Waals surface area contributed by atoms with Gasteiger partial charge in [0.1, 0.15) is 11.8 Å². The topological polar surface area (TPSA) is 131 Å². The predicted molar refractivity (Wildman–Crippen MR) is 67.2 cm³/mol. The Morgan fingerprint density at radius 1 is 1.42 bits per heavy atom. The first-order valence-electron chi connectivity index (χ1n) is 5.77. The third-order valence-electron chi connectivity index (χ3n) is 2.59. The molecular weight excluding hydrogens is 250 g/mol. The fraction of sp³-hybridized carbons (Fsp3) is 0.400. The number of nitrogens with two attached hydrogens (primary N) is 1. The van der Waals surface area contributed by atoms with Crippen molar-refractivity contribution in [2.45, 2.75) is 13.0 Å². The zero-order valence-corrected chi connectivity index (χ0v) is 10.2. The van der Waals surface area contributed by atoms with Crippen molar-refractivity contribution in [3.63, 3.8) is 0 Å². The Kier molecular flexibility index (Phi) is 4.21. The van der Waals surface area contributed by atoms with Gasteiger partial charge in [-0.25, -0.2) is 20.4 Å². The van der Waals surface area contributed by atoms with Crippen LogP contribution >= 0.6 is 0 Å². The summed E-state index contributed by atoms with van der Waals surface area (Å²) in [6.07, 6.45) is 3.85. The molecule has 5 N–H and O–H groups in total. The van der Waals surface area contributed by atoms with Gasteiger partial charge in [0.05, 0.1) is 12.9 Å². The molecule has 0 aromatic carbocycles. The average Bonchev–Trinajstić information content (AvgIpc) is 2.83. The molecule has 0 radical (unpaired) electrons. The largest absolute Gasteiger partial charge is 0.382 e. The van der Waals surface area contributed by atoms with Crippen LogP contribution in [-0.2, 0) is 11.3 Å². The van der Waals surface area contributed by atoms with E-state index in [-0.39, 0.29) is 6.54 Å². The van der Waals surface area contributed by atoms with E-state index in [1.165, 1.54) is 6.33 Å². The van der Waals surface area contributed by atoms with Crippen molar-refractivity contribution in [1.82, 2.24) is 30.3 Å². The van der Waals surface area contributed by atoms with Crippen LogP contribution < -0.4 is 16.5 Å². The Morgan fingerprint density at radius 2 is 2.26 bits per heavy atom. The van der Waals surface area contributed by atoms with Crippen LogP contribution in [-0.4, -0.2) is 43.7 Å². The van der Waals surface area contributed by atoms with Gasteiger partial charge in [-0.3, -0.25) is 10.0 Å². The minimum Gasteiger partial charge on any atom is -0.382 e. The molecule has 2 aromatic heterocycles. The molecule has 0 bridgehead atoms. The maximum Gasteiger partial charge on any atom is 0.257 e. The van der Waals surface area contributed by atoms with E-state index in [1.54, 1.807) is 11.8 Å². The van der Waals surface area contributed by atoms with E-state index < -0.39 is 5.91 Å². The number of aryl methyl sites for hydroxylation is 1. The highest BCUT2D eigenvalue weighted by Gasteiger charge is 2.07. The molecule has 1 amide bonds.